The highest BCUT2D eigenvalue weighted by Crippen LogP contribution is 2.23. The van der Waals surface area contributed by atoms with Crippen molar-refractivity contribution < 1.29 is 4.79 Å². The number of hydrogen-bond donors (Lipinski definition) is 2. The molecule has 136 valence electrons. The average molecular weight is 351 g/mol. The quantitative estimate of drug-likeness (QED) is 0.860. The van der Waals surface area contributed by atoms with Crippen LogP contribution in [0, 0.1) is 0 Å². The van der Waals surface area contributed by atoms with Gasteiger partial charge < -0.3 is 15.5 Å². The van der Waals surface area contributed by atoms with Crippen molar-refractivity contribution in [1.82, 2.24) is 9.97 Å². The Labute approximate surface area is 154 Å². The lowest BCUT2D eigenvalue weighted by molar-refractivity contribution is 0.102. The first-order chi connectivity index (χ1) is 12.8. The summed E-state index contributed by atoms with van der Waals surface area (Å²) >= 11 is 0. The van der Waals surface area contributed by atoms with Gasteiger partial charge in [-0.1, -0.05) is 12.8 Å². The molecular weight excluding hydrogens is 326 g/mol. The van der Waals surface area contributed by atoms with Gasteiger partial charge in [0.05, 0.1) is 12.4 Å². The monoisotopic (exact) mass is 351 g/mol. The molecule has 6 nitrogen and oxygen atoms in total. The van der Waals surface area contributed by atoms with E-state index in [9.17, 15) is 4.79 Å². The molecule has 26 heavy (non-hydrogen) atoms. The van der Waals surface area contributed by atoms with Crippen LogP contribution < -0.4 is 15.5 Å². The molecular formula is C20H25N5O. The minimum absolute atomic E-state index is 0.237. The third kappa shape index (κ3) is 3.95. The summed E-state index contributed by atoms with van der Waals surface area (Å²) in [5.74, 6) is 0.502. The number of aromatic nitrogens is 2. The van der Waals surface area contributed by atoms with E-state index in [0.29, 0.717) is 11.7 Å². The predicted molar refractivity (Wildman–Crippen MR) is 104 cm³/mol. The zero-order valence-electron chi connectivity index (χ0n) is 14.9. The van der Waals surface area contributed by atoms with Crippen LogP contribution in [0.25, 0.3) is 0 Å². The average Bonchev–Trinajstić information content (AvgIpc) is 3.37. The lowest BCUT2D eigenvalue weighted by Gasteiger charge is -2.17. The van der Waals surface area contributed by atoms with Gasteiger partial charge in [0.1, 0.15) is 11.5 Å². The maximum absolute atomic E-state index is 12.4. The molecule has 1 saturated heterocycles. The molecule has 2 heterocycles. The molecule has 2 N–H and O–H groups in total. The van der Waals surface area contributed by atoms with Crippen LogP contribution in [0.3, 0.4) is 0 Å². The van der Waals surface area contributed by atoms with Crippen molar-refractivity contribution in [1.29, 1.82) is 0 Å². The Kier molecular flexibility index (Phi) is 5.00. The molecule has 1 saturated carbocycles. The van der Waals surface area contributed by atoms with E-state index in [0.717, 1.165) is 24.6 Å². The second-order valence-electron chi connectivity index (χ2n) is 7.11. The standard InChI is InChI=1S/C20H25N5O/c26-20(18-13-22-19(14-21-18)23-15-5-1-2-6-15)24-16-7-9-17(10-8-16)25-11-3-4-12-25/h7-10,13-15H,1-6,11-12H2,(H,22,23)(H,24,26). The molecule has 2 aromatic rings. The van der Waals surface area contributed by atoms with Crippen molar-refractivity contribution in [3.63, 3.8) is 0 Å². The van der Waals surface area contributed by atoms with Crippen LogP contribution in [0.4, 0.5) is 17.2 Å². The first-order valence-electron chi connectivity index (χ1n) is 9.53. The molecule has 1 aromatic carbocycles. The number of hydrogen-bond acceptors (Lipinski definition) is 5. The molecule has 0 radical (unpaired) electrons. The van der Waals surface area contributed by atoms with Crippen molar-refractivity contribution in [3.05, 3.63) is 42.4 Å². The smallest absolute Gasteiger partial charge is 0.275 e. The maximum atomic E-state index is 12.4. The van der Waals surface area contributed by atoms with Gasteiger partial charge in [0.25, 0.3) is 5.91 Å². The second-order valence-corrected chi connectivity index (χ2v) is 7.11. The molecule has 0 spiro atoms. The normalized spacial score (nSPS) is 17.5. The SMILES string of the molecule is O=C(Nc1ccc(N2CCCC2)cc1)c1cnc(NC2CCCC2)cn1. The maximum Gasteiger partial charge on any atom is 0.275 e. The number of nitrogens with one attached hydrogen (secondary N) is 2. The highest BCUT2D eigenvalue weighted by Gasteiger charge is 2.16. The number of amides is 1. The number of rotatable bonds is 5. The number of nitrogens with zero attached hydrogens (tertiary/aromatic N) is 3. The van der Waals surface area contributed by atoms with Crippen LogP contribution in [-0.2, 0) is 0 Å². The molecule has 6 heteroatoms. The van der Waals surface area contributed by atoms with E-state index >= 15 is 0 Å². The third-order valence-corrected chi connectivity index (χ3v) is 5.19. The van der Waals surface area contributed by atoms with Crippen molar-refractivity contribution in [2.24, 2.45) is 0 Å². The van der Waals surface area contributed by atoms with Crippen molar-refractivity contribution in [2.75, 3.05) is 28.6 Å². The Hall–Kier alpha value is -2.63. The van der Waals surface area contributed by atoms with Gasteiger partial charge in [-0.3, -0.25) is 4.79 Å². The number of carbonyl (C=O) groups is 1. The summed E-state index contributed by atoms with van der Waals surface area (Å²) in [4.78, 5) is 23.3. The Bertz CT molecular complexity index is 732. The number of benzene rings is 1. The molecule has 2 aliphatic rings. The molecule has 0 unspecified atom stereocenters. The zero-order chi connectivity index (χ0) is 17.8. The van der Waals surface area contributed by atoms with Crippen LogP contribution in [0.1, 0.15) is 49.0 Å². The fourth-order valence-corrected chi connectivity index (χ4v) is 3.73. The molecule has 1 amide bonds. The van der Waals surface area contributed by atoms with E-state index in [-0.39, 0.29) is 5.91 Å². The Morgan fingerprint density at radius 1 is 0.962 bits per heavy atom. The van der Waals surface area contributed by atoms with Crippen molar-refractivity contribution in [2.45, 2.75) is 44.6 Å². The topological polar surface area (TPSA) is 70.2 Å². The lowest BCUT2D eigenvalue weighted by atomic mass is 10.2. The van der Waals surface area contributed by atoms with Crippen LogP contribution in [-0.4, -0.2) is 35.0 Å². The summed E-state index contributed by atoms with van der Waals surface area (Å²) in [6.07, 6.45) is 10.6. The number of anilines is 3. The largest absolute Gasteiger partial charge is 0.372 e. The first kappa shape index (κ1) is 16.8. The molecule has 2 fully saturated rings. The van der Waals surface area contributed by atoms with Gasteiger partial charge >= 0.3 is 0 Å². The van der Waals surface area contributed by atoms with Crippen LogP contribution in [0.15, 0.2) is 36.7 Å². The summed E-state index contributed by atoms with van der Waals surface area (Å²) in [6.45, 7) is 2.23. The Morgan fingerprint density at radius 2 is 1.69 bits per heavy atom. The minimum Gasteiger partial charge on any atom is -0.372 e. The van der Waals surface area contributed by atoms with Gasteiger partial charge in [-0.25, -0.2) is 9.97 Å². The Balaban J connectivity index is 1.35. The number of carbonyl (C=O) groups excluding carboxylic acids is 1. The van der Waals surface area contributed by atoms with Gasteiger partial charge in [-0.15, -0.1) is 0 Å². The lowest BCUT2D eigenvalue weighted by Crippen LogP contribution is -2.18. The molecule has 1 aliphatic heterocycles. The molecule has 1 aliphatic carbocycles. The molecule has 0 atom stereocenters. The van der Waals surface area contributed by atoms with Crippen molar-refractivity contribution in [3.8, 4) is 0 Å². The van der Waals surface area contributed by atoms with E-state index < -0.39 is 0 Å². The minimum atomic E-state index is -0.237. The predicted octanol–water partition coefficient (Wildman–Crippen LogP) is 3.68. The molecule has 0 bridgehead atoms. The van der Waals surface area contributed by atoms with Gasteiger partial charge in [0.15, 0.2) is 0 Å². The fraction of sp³-hybridized carbons (Fsp3) is 0.450. The highest BCUT2D eigenvalue weighted by atomic mass is 16.1. The van der Waals surface area contributed by atoms with Gasteiger partial charge in [0, 0.05) is 30.5 Å². The third-order valence-electron chi connectivity index (χ3n) is 5.19. The summed E-state index contributed by atoms with van der Waals surface area (Å²) in [5, 5.41) is 6.27. The van der Waals surface area contributed by atoms with E-state index in [1.54, 1.807) is 6.20 Å². The second kappa shape index (κ2) is 7.72. The summed E-state index contributed by atoms with van der Waals surface area (Å²) in [6, 6.07) is 8.48. The fourth-order valence-electron chi connectivity index (χ4n) is 3.73. The molecule has 4 rings (SSSR count). The summed E-state index contributed by atoms with van der Waals surface area (Å²) in [5.41, 5.74) is 2.31. The van der Waals surface area contributed by atoms with E-state index in [1.165, 1.54) is 50.4 Å². The van der Waals surface area contributed by atoms with Crippen LogP contribution in [0.2, 0.25) is 0 Å². The van der Waals surface area contributed by atoms with E-state index in [4.69, 9.17) is 0 Å². The summed E-state index contributed by atoms with van der Waals surface area (Å²) < 4.78 is 0. The van der Waals surface area contributed by atoms with Gasteiger partial charge in [-0.05, 0) is 49.9 Å². The molecule has 1 aromatic heterocycles. The van der Waals surface area contributed by atoms with Crippen LogP contribution >= 0.6 is 0 Å². The van der Waals surface area contributed by atoms with Gasteiger partial charge in [0.2, 0.25) is 0 Å². The Morgan fingerprint density at radius 3 is 2.35 bits per heavy atom. The summed E-state index contributed by atoms with van der Waals surface area (Å²) in [7, 11) is 0. The van der Waals surface area contributed by atoms with Gasteiger partial charge in [-0.2, -0.15) is 0 Å². The highest BCUT2D eigenvalue weighted by molar-refractivity contribution is 6.02. The zero-order valence-corrected chi connectivity index (χ0v) is 14.9. The van der Waals surface area contributed by atoms with Crippen LogP contribution in [0.5, 0.6) is 0 Å². The van der Waals surface area contributed by atoms with Crippen molar-refractivity contribution >= 4 is 23.1 Å². The first-order valence-corrected chi connectivity index (χ1v) is 9.53. The van der Waals surface area contributed by atoms with E-state index in [2.05, 4.69) is 37.6 Å². The van der Waals surface area contributed by atoms with E-state index in [1.807, 2.05) is 12.1 Å².